The van der Waals surface area contributed by atoms with Crippen molar-refractivity contribution in [3.63, 3.8) is 0 Å². The molecule has 0 atom stereocenters. The minimum absolute atomic E-state index is 0.918. The molecule has 0 bridgehead atoms. The van der Waals surface area contributed by atoms with E-state index in [1.165, 1.54) is 65.3 Å². The lowest BCUT2D eigenvalue weighted by Gasteiger charge is -2.28. The number of rotatable bonds is 5. The van der Waals surface area contributed by atoms with Crippen LogP contribution in [0.5, 0.6) is 0 Å². The van der Waals surface area contributed by atoms with Crippen molar-refractivity contribution < 1.29 is 4.42 Å². The molecule has 252 valence electrons. The Hall–Kier alpha value is -7.16. The first-order chi connectivity index (χ1) is 26.7. The molecule has 0 radical (unpaired) electrons. The Balaban J connectivity index is 1.14. The first-order valence-corrected chi connectivity index (χ1v) is 18.5. The molecule has 10 aromatic carbocycles. The van der Waals surface area contributed by atoms with Gasteiger partial charge in [-0.3, -0.25) is 0 Å². The molecule has 1 heterocycles. The van der Waals surface area contributed by atoms with E-state index < -0.39 is 0 Å². The van der Waals surface area contributed by atoms with Gasteiger partial charge in [0.2, 0.25) is 0 Å². The van der Waals surface area contributed by atoms with Crippen molar-refractivity contribution in [2.45, 2.75) is 0 Å². The van der Waals surface area contributed by atoms with Crippen LogP contribution in [0.1, 0.15) is 0 Å². The van der Waals surface area contributed by atoms with E-state index in [4.69, 9.17) is 4.42 Å². The monoisotopic (exact) mass is 687 g/mol. The van der Waals surface area contributed by atoms with Gasteiger partial charge in [-0.25, -0.2) is 0 Å². The minimum Gasteiger partial charge on any atom is -0.456 e. The van der Waals surface area contributed by atoms with Crippen LogP contribution in [0.3, 0.4) is 0 Å². The van der Waals surface area contributed by atoms with E-state index in [1.54, 1.807) is 0 Å². The number of furan rings is 1. The van der Waals surface area contributed by atoms with Crippen LogP contribution >= 0.6 is 0 Å². The van der Waals surface area contributed by atoms with Gasteiger partial charge in [0.05, 0.1) is 5.69 Å². The molecule has 1 aromatic heterocycles. The molecule has 0 fully saturated rings. The van der Waals surface area contributed by atoms with Gasteiger partial charge in [-0.1, -0.05) is 146 Å². The molecule has 0 saturated heterocycles. The second kappa shape index (κ2) is 12.2. The zero-order chi connectivity index (χ0) is 35.6. The van der Waals surface area contributed by atoms with E-state index >= 15 is 0 Å². The predicted octanol–water partition coefficient (Wildman–Crippen LogP) is 15.0. The van der Waals surface area contributed by atoms with Crippen LogP contribution in [0, 0.1) is 0 Å². The molecule has 0 aliphatic carbocycles. The lowest BCUT2D eigenvalue weighted by Crippen LogP contribution is -2.10. The van der Waals surface area contributed by atoms with E-state index in [2.05, 4.69) is 193 Å². The predicted molar refractivity (Wildman–Crippen MR) is 229 cm³/mol. The quantitative estimate of drug-likeness (QED) is 0.168. The Bertz CT molecular complexity index is 3200. The van der Waals surface area contributed by atoms with Crippen LogP contribution in [-0.2, 0) is 0 Å². The van der Waals surface area contributed by atoms with Crippen LogP contribution in [0.25, 0.3) is 87.3 Å². The van der Waals surface area contributed by atoms with E-state index in [0.29, 0.717) is 0 Å². The summed E-state index contributed by atoms with van der Waals surface area (Å²) in [4.78, 5) is 2.43. The topological polar surface area (TPSA) is 16.4 Å². The van der Waals surface area contributed by atoms with Crippen molar-refractivity contribution in [3.05, 3.63) is 200 Å². The van der Waals surface area contributed by atoms with E-state index in [-0.39, 0.29) is 0 Å². The summed E-state index contributed by atoms with van der Waals surface area (Å²) in [5.74, 6) is 0. The Morgan fingerprint density at radius 2 is 0.852 bits per heavy atom. The van der Waals surface area contributed by atoms with Crippen molar-refractivity contribution in [2.75, 3.05) is 4.90 Å². The third-order valence-electron chi connectivity index (χ3n) is 11.0. The number of benzene rings is 10. The first kappa shape index (κ1) is 30.5. The van der Waals surface area contributed by atoms with Gasteiger partial charge in [0.25, 0.3) is 0 Å². The summed E-state index contributed by atoms with van der Waals surface area (Å²) in [6, 6.07) is 72.5. The molecule has 11 aromatic rings. The maximum atomic E-state index is 6.25. The van der Waals surface area contributed by atoms with Crippen LogP contribution < -0.4 is 4.90 Å². The highest BCUT2D eigenvalue weighted by atomic mass is 16.3. The largest absolute Gasteiger partial charge is 0.456 e. The van der Waals surface area contributed by atoms with Crippen LogP contribution in [0.4, 0.5) is 17.1 Å². The summed E-state index contributed by atoms with van der Waals surface area (Å²) >= 11 is 0. The van der Waals surface area contributed by atoms with Gasteiger partial charge < -0.3 is 9.32 Å². The average Bonchev–Trinajstić information content (AvgIpc) is 3.61. The highest BCUT2D eigenvalue weighted by molar-refractivity contribution is 6.18. The molecule has 0 aliphatic heterocycles. The number of hydrogen-bond donors (Lipinski definition) is 0. The fraction of sp³-hybridized carbons (Fsp3) is 0. The van der Waals surface area contributed by atoms with Crippen molar-refractivity contribution in [2.24, 2.45) is 0 Å². The normalized spacial score (nSPS) is 11.7. The average molecular weight is 688 g/mol. The van der Waals surface area contributed by atoms with Gasteiger partial charge in [0.15, 0.2) is 0 Å². The lowest BCUT2D eigenvalue weighted by molar-refractivity contribution is 0.669. The van der Waals surface area contributed by atoms with Gasteiger partial charge in [-0.2, -0.15) is 0 Å². The molecule has 0 amide bonds. The molecule has 54 heavy (non-hydrogen) atoms. The fourth-order valence-corrected chi connectivity index (χ4v) is 8.36. The van der Waals surface area contributed by atoms with Crippen molar-refractivity contribution in [1.29, 1.82) is 0 Å². The zero-order valence-electron chi connectivity index (χ0n) is 29.4. The third kappa shape index (κ3) is 4.96. The Labute approximate surface area is 312 Å². The molecular weight excluding hydrogens is 655 g/mol. The molecule has 2 heteroatoms. The number of para-hydroxylation sites is 1. The molecule has 0 unspecified atom stereocenters. The molecule has 0 aliphatic rings. The SMILES string of the molecule is c1ccc(-c2ccc(N(c3ccc4c(ccc5cc6oc7ccccc7c6cc54)c3)c3cc4cc(-c5ccccc5)ccc4c4ccccc34)cc2)cc1. The maximum Gasteiger partial charge on any atom is 0.136 e. The standard InChI is InChI=1S/C52H33NO/c1-3-11-34(12-4-1)36-21-24-41(25-22-36)53(50-31-40-29-37(35-13-5-2-6-14-35)23-27-44(40)45-15-7-8-16-46(45)50)42-26-28-43-38(30-42)19-20-39-32-52-49(33-48(39)43)47-17-9-10-18-51(47)54-52/h1-33H. The molecule has 0 N–H and O–H groups in total. The van der Waals surface area contributed by atoms with Gasteiger partial charge in [0, 0.05) is 27.5 Å². The van der Waals surface area contributed by atoms with Crippen molar-refractivity contribution in [1.82, 2.24) is 0 Å². The summed E-state index contributed by atoms with van der Waals surface area (Å²) < 4.78 is 6.25. The Morgan fingerprint density at radius 3 is 1.63 bits per heavy atom. The fourth-order valence-electron chi connectivity index (χ4n) is 8.36. The second-order valence-corrected chi connectivity index (χ2v) is 14.1. The summed E-state index contributed by atoms with van der Waals surface area (Å²) in [7, 11) is 0. The summed E-state index contributed by atoms with van der Waals surface area (Å²) in [6.45, 7) is 0. The Morgan fingerprint density at radius 1 is 0.278 bits per heavy atom. The summed E-state index contributed by atoms with van der Waals surface area (Å²) in [6.07, 6.45) is 0. The van der Waals surface area contributed by atoms with Gasteiger partial charge in [-0.15, -0.1) is 0 Å². The molecular formula is C52H33NO. The molecule has 0 spiro atoms. The van der Waals surface area contributed by atoms with Crippen LogP contribution in [0.15, 0.2) is 205 Å². The lowest BCUT2D eigenvalue weighted by atomic mass is 9.95. The van der Waals surface area contributed by atoms with Gasteiger partial charge in [-0.05, 0) is 115 Å². The Kier molecular flexibility index (Phi) is 6.90. The highest BCUT2D eigenvalue weighted by Crippen LogP contribution is 2.44. The summed E-state index contributed by atoms with van der Waals surface area (Å²) in [5.41, 5.74) is 10.0. The van der Waals surface area contributed by atoms with E-state index in [0.717, 1.165) is 39.0 Å². The number of hydrogen-bond acceptors (Lipinski definition) is 2. The van der Waals surface area contributed by atoms with Gasteiger partial charge in [0.1, 0.15) is 11.2 Å². The smallest absolute Gasteiger partial charge is 0.136 e. The van der Waals surface area contributed by atoms with Gasteiger partial charge >= 0.3 is 0 Å². The first-order valence-electron chi connectivity index (χ1n) is 18.5. The number of nitrogens with zero attached hydrogens (tertiary/aromatic N) is 1. The van der Waals surface area contributed by atoms with Crippen molar-refractivity contribution in [3.8, 4) is 22.3 Å². The minimum atomic E-state index is 0.918. The second-order valence-electron chi connectivity index (χ2n) is 14.1. The number of anilines is 3. The van der Waals surface area contributed by atoms with E-state index in [1.807, 2.05) is 12.1 Å². The summed E-state index contributed by atoms with van der Waals surface area (Å²) in [5, 5.41) is 12.0. The molecule has 2 nitrogen and oxygen atoms in total. The molecule has 11 rings (SSSR count). The third-order valence-corrected chi connectivity index (χ3v) is 11.0. The zero-order valence-corrected chi connectivity index (χ0v) is 29.4. The van der Waals surface area contributed by atoms with Crippen LogP contribution in [0.2, 0.25) is 0 Å². The molecule has 0 saturated carbocycles. The maximum absolute atomic E-state index is 6.25. The van der Waals surface area contributed by atoms with Crippen LogP contribution in [-0.4, -0.2) is 0 Å². The highest BCUT2D eigenvalue weighted by Gasteiger charge is 2.19. The number of fused-ring (bicyclic) bond motifs is 9. The van der Waals surface area contributed by atoms with E-state index in [9.17, 15) is 0 Å². The van der Waals surface area contributed by atoms with Crippen molar-refractivity contribution >= 4 is 82.1 Å².